The van der Waals surface area contributed by atoms with Crippen LogP contribution in [-0.4, -0.2) is 28.5 Å². The van der Waals surface area contributed by atoms with Crippen LogP contribution in [0.3, 0.4) is 0 Å². The van der Waals surface area contributed by atoms with Crippen molar-refractivity contribution in [3.05, 3.63) is 95.5 Å². The van der Waals surface area contributed by atoms with Crippen LogP contribution in [0, 0.1) is 0 Å². The summed E-state index contributed by atoms with van der Waals surface area (Å²) in [6, 6.07) is 25.1. The van der Waals surface area contributed by atoms with Crippen molar-refractivity contribution in [2.24, 2.45) is 0 Å². The molecule has 0 unspecified atom stereocenters. The van der Waals surface area contributed by atoms with Gasteiger partial charge in [0, 0.05) is 30.4 Å². The van der Waals surface area contributed by atoms with Gasteiger partial charge in [0.1, 0.15) is 5.69 Å². The number of likely N-dealkylation sites (N-methyl/N-ethyl adjacent to an activating group) is 1. The second-order valence-corrected chi connectivity index (χ2v) is 7.91. The lowest BCUT2D eigenvalue weighted by molar-refractivity contribution is 0.331. The van der Waals surface area contributed by atoms with Gasteiger partial charge in [-0.25, -0.2) is 4.98 Å². The van der Waals surface area contributed by atoms with Gasteiger partial charge >= 0.3 is 0 Å². The Morgan fingerprint density at radius 3 is 2.41 bits per heavy atom. The average molecular weight is 401 g/mol. The molecule has 4 rings (SSSR count). The second-order valence-electron chi connectivity index (χ2n) is 7.05. The van der Waals surface area contributed by atoms with Crippen LogP contribution in [0.1, 0.15) is 11.1 Å². The molecule has 0 saturated heterocycles. The Balaban J connectivity index is 1.30. The summed E-state index contributed by atoms with van der Waals surface area (Å²) >= 11 is 1.59. The van der Waals surface area contributed by atoms with Gasteiger partial charge in [0.25, 0.3) is 0 Å². The highest BCUT2D eigenvalue weighted by molar-refractivity contribution is 7.14. The molecule has 2 aromatic carbocycles. The van der Waals surface area contributed by atoms with E-state index in [2.05, 4.69) is 81.8 Å². The zero-order chi connectivity index (χ0) is 19.9. The number of aromatic nitrogens is 2. The van der Waals surface area contributed by atoms with E-state index in [4.69, 9.17) is 0 Å². The molecule has 0 aliphatic carbocycles. The predicted molar refractivity (Wildman–Crippen MR) is 122 cm³/mol. The van der Waals surface area contributed by atoms with Gasteiger partial charge in [0.15, 0.2) is 5.13 Å². The van der Waals surface area contributed by atoms with Crippen molar-refractivity contribution in [3.63, 3.8) is 0 Å². The quantitative estimate of drug-likeness (QED) is 0.417. The van der Waals surface area contributed by atoms with Gasteiger partial charge in [0.2, 0.25) is 0 Å². The predicted octanol–water partition coefficient (Wildman–Crippen LogP) is 5.62. The molecule has 0 aliphatic heterocycles. The molecule has 0 radical (unpaired) electrons. The summed E-state index contributed by atoms with van der Waals surface area (Å²) in [6.45, 7) is 2.00. The number of thiazole rings is 1. The fourth-order valence-corrected chi connectivity index (χ4v) is 3.86. The largest absolute Gasteiger partial charge is 0.332 e. The zero-order valence-electron chi connectivity index (χ0n) is 16.5. The van der Waals surface area contributed by atoms with Crippen molar-refractivity contribution in [1.82, 2.24) is 14.9 Å². The lowest BCUT2D eigenvalue weighted by Crippen LogP contribution is -2.20. The van der Waals surface area contributed by atoms with Crippen LogP contribution in [0.15, 0.2) is 84.4 Å². The molecule has 0 bridgehead atoms. The molecule has 146 valence electrons. The standard InChI is InChI=1S/C24H24N4S/c1-28(17-20-7-3-2-4-8-20)16-14-19-10-12-21(13-11-19)26-24-27-23(18-29-24)22-9-5-6-15-25-22/h2-13,15,18H,14,16-17H2,1H3,(H,26,27). The third-order valence-corrected chi connectivity index (χ3v) is 5.47. The van der Waals surface area contributed by atoms with E-state index in [0.717, 1.165) is 41.7 Å². The molecule has 2 aromatic heterocycles. The molecule has 1 N–H and O–H groups in total. The van der Waals surface area contributed by atoms with Crippen molar-refractivity contribution >= 4 is 22.2 Å². The Kier molecular flexibility index (Phi) is 6.29. The molecule has 4 nitrogen and oxygen atoms in total. The van der Waals surface area contributed by atoms with Gasteiger partial charge in [-0.15, -0.1) is 11.3 Å². The van der Waals surface area contributed by atoms with E-state index in [1.54, 1.807) is 17.5 Å². The van der Waals surface area contributed by atoms with E-state index in [9.17, 15) is 0 Å². The van der Waals surface area contributed by atoms with Crippen LogP contribution in [0.25, 0.3) is 11.4 Å². The number of hydrogen-bond acceptors (Lipinski definition) is 5. The smallest absolute Gasteiger partial charge is 0.187 e. The normalized spacial score (nSPS) is 11.0. The molecular formula is C24H24N4S. The summed E-state index contributed by atoms with van der Waals surface area (Å²) in [5, 5.41) is 6.29. The van der Waals surface area contributed by atoms with Crippen molar-refractivity contribution in [1.29, 1.82) is 0 Å². The van der Waals surface area contributed by atoms with Gasteiger partial charge in [-0.3, -0.25) is 4.98 Å². The van der Waals surface area contributed by atoms with Crippen molar-refractivity contribution in [2.45, 2.75) is 13.0 Å². The zero-order valence-corrected chi connectivity index (χ0v) is 17.3. The maximum Gasteiger partial charge on any atom is 0.187 e. The summed E-state index contributed by atoms with van der Waals surface area (Å²) in [7, 11) is 2.17. The first-order valence-electron chi connectivity index (χ1n) is 9.72. The van der Waals surface area contributed by atoms with Gasteiger partial charge in [-0.1, -0.05) is 48.5 Å². The fraction of sp³-hybridized carbons (Fsp3) is 0.167. The number of rotatable bonds is 8. The Morgan fingerprint density at radius 1 is 0.862 bits per heavy atom. The lowest BCUT2D eigenvalue weighted by Gasteiger charge is -2.16. The van der Waals surface area contributed by atoms with Crippen LogP contribution >= 0.6 is 11.3 Å². The lowest BCUT2D eigenvalue weighted by atomic mass is 10.1. The molecule has 0 saturated carbocycles. The minimum atomic E-state index is 0.876. The van der Waals surface area contributed by atoms with Crippen LogP contribution in [-0.2, 0) is 13.0 Å². The summed E-state index contributed by atoms with van der Waals surface area (Å²) in [4.78, 5) is 11.3. The number of nitrogens with zero attached hydrogens (tertiary/aromatic N) is 3. The molecule has 0 atom stereocenters. The molecule has 4 aromatic rings. The van der Waals surface area contributed by atoms with Gasteiger partial charge in [0.05, 0.1) is 5.69 Å². The minimum absolute atomic E-state index is 0.876. The first kappa shape index (κ1) is 19.3. The molecule has 0 spiro atoms. The maximum atomic E-state index is 4.64. The van der Waals surface area contributed by atoms with Crippen LogP contribution in [0.5, 0.6) is 0 Å². The number of hydrogen-bond donors (Lipinski definition) is 1. The number of nitrogens with one attached hydrogen (secondary N) is 1. The molecule has 29 heavy (non-hydrogen) atoms. The van der Waals surface area contributed by atoms with E-state index in [-0.39, 0.29) is 0 Å². The Labute approximate surface area is 175 Å². The molecule has 0 aliphatic rings. The highest BCUT2D eigenvalue weighted by Crippen LogP contribution is 2.26. The van der Waals surface area contributed by atoms with Crippen molar-refractivity contribution < 1.29 is 0 Å². The van der Waals surface area contributed by atoms with Crippen LogP contribution in [0.2, 0.25) is 0 Å². The van der Waals surface area contributed by atoms with Gasteiger partial charge < -0.3 is 10.2 Å². The first-order chi connectivity index (χ1) is 14.3. The van der Waals surface area contributed by atoms with Crippen LogP contribution in [0.4, 0.5) is 10.8 Å². The maximum absolute atomic E-state index is 4.64. The molecule has 5 heteroatoms. The highest BCUT2D eigenvalue weighted by Gasteiger charge is 2.06. The average Bonchev–Trinajstić information content (AvgIpc) is 3.23. The monoisotopic (exact) mass is 400 g/mol. The molecule has 2 heterocycles. The van der Waals surface area contributed by atoms with Crippen molar-refractivity contribution in [2.75, 3.05) is 18.9 Å². The minimum Gasteiger partial charge on any atom is -0.332 e. The second kappa shape index (κ2) is 9.45. The van der Waals surface area contributed by atoms with Gasteiger partial charge in [-0.05, 0) is 48.9 Å². The number of anilines is 2. The van der Waals surface area contributed by atoms with Crippen molar-refractivity contribution in [3.8, 4) is 11.4 Å². The molecule has 0 amide bonds. The summed E-state index contributed by atoms with van der Waals surface area (Å²) in [5.74, 6) is 0. The van der Waals surface area contributed by atoms with Crippen LogP contribution < -0.4 is 5.32 Å². The summed E-state index contributed by atoms with van der Waals surface area (Å²) in [5.41, 5.74) is 5.53. The molecule has 0 fully saturated rings. The molecular weight excluding hydrogens is 376 g/mol. The van der Waals surface area contributed by atoms with E-state index < -0.39 is 0 Å². The third-order valence-electron chi connectivity index (χ3n) is 4.71. The Morgan fingerprint density at radius 2 is 1.66 bits per heavy atom. The highest BCUT2D eigenvalue weighted by atomic mass is 32.1. The summed E-state index contributed by atoms with van der Waals surface area (Å²) in [6.07, 6.45) is 2.82. The van der Waals surface area contributed by atoms with Gasteiger partial charge in [-0.2, -0.15) is 0 Å². The topological polar surface area (TPSA) is 41.0 Å². The Bertz CT molecular complexity index is 1010. The van der Waals surface area contributed by atoms with E-state index in [1.165, 1.54) is 11.1 Å². The van der Waals surface area contributed by atoms with E-state index in [1.807, 2.05) is 23.6 Å². The summed E-state index contributed by atoms with van der Waals surface area (Å²) < 4.78 is 0. The van der Waals surface area contributed by atoms with E-state index >= 15 is 0 Å². The first-order valence-corrected chi connectivity index (χ1v) is 10.6. The van der Waals surface area contributed by atoms with E-state index in [0.29, 0.717) is 0 Å². The SMILES string of the molecule is CN(CCc1ccc(Nc2nc(-c3ccccn3)cs2)cc1)Cc1ccccc1. The Hall–Kier alpha value is -3.02. The number of pyridine rings is 1. The third kappa shape index (κ3) is 5.50. The fourth-order valence-electron chi connectivity index (χ4n) is 3.14. The number of benzene rings is 2.